The number of nitrogens with zero attached hydrogens (tertiary/aromatic N) is 2. The van der Waals surface area contributed by atoms with E-state index in [9.17, 15) is 0 Å². The van der Waals surface area contributed by atoms with Crippen molar-refractivity contribution in [3.05, 3.63) is 35.9 Å². The second kappa shape index (κ2) is 13.7. The van der Waals surface area contributed by atoms with Crippen molar-refractivity contribution in [1.82, 2.24) is 10.2 Å². The minimum atomic E-state index is 0.302. The third-order valence-electron chi connectivity index (χ3n) is 5.93. The van der Waals surface area contributed by atoms with Gasteiger partial charge in [-0.2, -0.15) is 0 Å². The SMILES string of the molecule is CCNC(=NCC(C)COCc1ccccc1)N1CCC(OCC2CCCCO2)CC1. The predicted molar refractivity (Wildman–Crippen MR) is 125 cm³/mol. The first-order valence-corrected chi connectivity index (χ1v) is 12.1. The third-order valence-corrected chi connectivity index (χ3v) is 5.93. The molecule has 2 unspecified atom stereocenters. The second-order valence-electron chi connectivity index (χ2n) is 8.81. The van der Waals surface area contributed by atoms with E-state index < -0.39 is 0 Å². The van der Waals surface area contributed by atoms with Crippen molar-refractivity contribution >= 4 is 5.96 Å². The number of nitrogens with one attached hydrogen (secondary N) is 1. The molecular formula is C25H41N3O3. The van der Waals surface area contributed by atoms with Crippen LogP contribution in [0.2, 0.25) is 0 Å². The summed E-state index contributed by atoms with van der Waals surface area (Å²) in [6, 6.07) is 10.3. The average Bonchev–Trinajstić information content (AvgIpc) is 2.82. The third kappa shape index (κ3) is 8.79. The Kier molecular flexibility index (Phi) is 10.6. The normalized spacial score (nSPS) is 21.8. The highest BCUT2D eigenvalue weighted by Gasteiger charge is 2.23. The van der Waals surface area contributed by atoms with E-state index in [4.69, 9.17) is 19.2 Å². The van der Waals surface area contributed by atoms with Crippen molar-refractivity contribution in [3.8, 4) is 0 Å². The molecule has 6 nitrogen and oxygen atoms in total. The number of aliphatic imine (C=N–C) groups is 1. The summed E-state index contributed by atoms with van der Waals surface area (Å²) in [5, 5.41) is 3.46. The van der Waals surface area contributed by atoms with E-state index >= 15 is 0 Å². The summed E-state index contributed by atoms with van der Waals surface area (Å²) in [6.07, 6.45) is 6.35. The van der Waals surface area contributed by atoms with Crippen molar-refractivity contribution in [2.24, 2.45) is 10.9 Å². The van der Waals surface area contributed by atoms with Gasteiger partial charge in [0.15, 0.2) is 5.96 Å². The standard InChI is InChI=1S/C25H41N3O3/c1-3-26-25(27-17-21(2)18-29-19-22-9-5-4-6-10-22)28-14-12-23(13-15-28)31-20-24-11-7-8-16-30-24/h4-6,9-10,21,23-24H,3,7-8,11-20H2,1-2H3,(H,26,27). The average molecular weight is 432 g/mol. The lowest BCUT2D eigenvalue weighted by molar-refractivity contribution is -0.0721. The van der Waals surface area contributed by atoms with Crippen LogP contribution in [0.15, 0.2) is 35.3 Å². The van der Waals surface area contributed by atoms with Gasteiger partial charge in [0.2, 0.25) is 0 Å². The summed E-state index contributed by atoms with van der Waals surface area (Å²) < 4.78 is 17.8. The maximum Gasteiger partial charge on any atom is 0.193 e. The quantitative estimate of drug-likeness (QED) is 0.450. The van der Waals surface area contributed by atoms with Gasteiger partial charge in [0.25, 0.3) is 0 Å². The fourth-order valence-electron chi connectivity index (χ4n) is 4.09. The number of rotatable bonds is 10. The molecule has 0 spiro atoms. The lowest BCUT2D eigenvalue weighted by Crippen LogP contribution is -2.47. The van der Waals surface area contributed by atoms with Crippen LogP contribution < -0.4 is 5.32 Å². The first kappa shape index (κ1) is 24.0. The fraction of sp³-hybridized carbons (Fsp3) is 0.720. The Morgan fingerprint density at radius 2 is 2.00 bits per heavy atom. The molecule has 3 rings (SSSR count). The van der Waals surface area contributed by atoms with Crippen LogP contribution in [-0.2, 0) is 20.8 Å². The molecule has 2 saturated heterocycles. The van der Waals surface area contributed by atoms with Gasteiger partial charge in [-0.3, -0.25) is 4.99 Å². The smallest absolute Gasteiger partial charge is 0.193 e. The number of piperidine rings is 1. The topological polar surface area (TPSA) is 55.3 Å². The van der Waals surface area contributed by atoms with Crippen LogP contribution in [0.3, 0.4) is 0 Å². The summed E-state index contributed by atoms with van der Waals surface area (Å²) >= 11 is 0. The van der Waals surface area contributed by atoms with E-state index in [1.54, 1.807) is 0 Å². The molecule has 1 aromatic rings. The largest absolute Gasteiger partial charge is 0.376 e. The van der Waals surface area contributed by atoms with Gasteiger partial charge in [-0.1, -0.05) is 37.3 Å². The summed E-state index contributed by atoms with van der Waals surface area (Å²) in [7, 11) is 0. The Bertz CT molecular complexity index is 626. The number of hydrogen-bond acceptors (Lipinski definition) is 4. The molecule has 0 amide bonds. The maximum atomic E-state index is 6.16. The van der Waals surface area contributed by atoms with E-state index in [2.05, 4.69) is 36.2 Å². The summed E-state index contributed by atoms with van der Waals surface area (Å²) in [4.78, 5) is 7.27. The number of guanidine groups is 1. The first-order chi connectivity index (χ1) is 15.2. The van der Waals surface area contributed by atoms with Gasteiger partial charge >= 0.3 is 0 Å². The predicted octanol–water partition coefficient (Wildman–Crippen LogP) is 3.85. The minimum absolute atomic E-state index is 0.302. The van der Waals surface area contributed by atoms with Crippen molar-refractivity contribution in [1.29, 1.82) is 0 Å². The zero-order valence-corrected chi connectivity index (χ0v) is 19.4. The van der Waals surface area contributed by atoms with Crippen LogP contribution in [0.25, 0.3) is 0 Å². The molecule has 0 aliphatic carbocycles. The Morgan fingerprint density at radius 1 is 1.19 bits per heavy atom. The highest BCUT2D eigenvalue weighted by atomic mass is 16.5. The lowest BCUT2D eigenvalue weighted by atomic mass is 10.1. The van der Waals surface area contributed by atoms with Crippen molar-refractivity contribution in [2.75, 3.05) is 46.0 Å². The highest BCUT2D eigenvalue weighted by Crippen LogP contribution is 2.18. The van der Waals surface area contributed by atoms with Gasteiger partial charge in [0.05, 0.1) is 32.0 Å². The molecule has 2 heterocycles. The molecule has 1 N–H and O–H groups in total. The Morgan fingerprint density at radius 3 is 2.71 bits per heavy atom. The van der Waals surface area contributed by atoms with Gasteiger partial charge in [-0.15, -0.1) is 0 Å². The molecule has 0 aromatic heterocycles. The molecule has 0 saturated carbocycles. The van der Waals surface area contributed by atoms with Gasteiger partial charge < -0.3 is 24.4 Å². The van der Waals surface area contributed by atoms with E-state index in [1.807, 2.05) is 18.2 Å². The van der Waals surface area contributed by atoms with Crippen molar-refractivity contribution in [3.63, 3.8) is 0 Å². The monoisotopic (exact) mass is 431 g/mol. The lowest BCUT2D eigenvalue weighted by Gasteiger charge is -2.35. The van der Waals surface area contributed by atoms with Crippen LogP contribution >= 0.6 is 0 Å². The van der Waals surface area contributed by atoms with Crippen LogP contribution in [-0.4, -0.2) is 69.1 Å². The number of benzene rings is 1. The van der Waals surface area contributed by atoms with Crippen LogP contribution in [0.5, 0.6) is 0 Å². The highest BCUT2D eigenvalue weighted by molar-refractivity contribution is 5.80. The molecule has 2 aliphatic rings. The molecule has 1 aromatic carbocycles. The fourth-order valence-corrected chi connectivity index (χ4v) is 4.09. The van der Waals surface area contributed by atoms with Gasteiger partial charge in [0.1, 0.15) is 0 Å². The van der Waals surface area contributed by atoms with Gasteiger partial charge in [0, 0.05) is 32.8 Å². The second-order valence-corrected chi connectivity index (χ2v) is 8.81. The Labute approximate surface area is 188 Å². The number of ether oxygens (including phenoxy) is 3. The van der Waals surface area contributed by atoms with Crippen LogP contribution in [0.4, 0.5) is 0 Å². The van der Waals surface area contributed by atoms with Crippen molar-refractivity contribution < 1.29 is 14.2 Å². The molecule has 2 atom stereocenters. The number of likely N-dealkylation sites (tertiary alicyclic amines) is 1. The summed E-state index contributed by atoms with van der Waals surface area (Å²) in [5.74, 6) is 1.40. The van der Waals surface area contributed by atoms with E-state index in [-0.39, 0.29) is 0 Å². The Balaban J connectivity index is 1.36. The van der Waals surface area contributed by atoms with Gasteiger partial charge in [-0.25, -0.2) is 0 Å². The first-order valence-electron chi connectivity index (χ1n) is 12.1. The van der Waals surface area contributed by atoms with E-state index in [1.165, 1.54) is 18.4 Å². The minimum Gasteiger partial charge on any atom is -0.376 e. The molecule has 2 aliphatic heterocycles. The Hall–Kier alpha value is -1.63. The molecule has 2 fully saturated rings. The molecular weight excluding hydrogens is 390 g/mol. The van der Waals surface area contributed by atoms with E-state index in [0.717, 1.165) is 71.2 Å². The molecule has 174 valence electrons. The van der Waals surface area contributed by atoms with Crippen molar-refractivity contribution in [2.45, 2.75) is 64.8 Å². The molecule has 31 heavy (non-hydrogen) atoms. The number of hydrogen-bond donors (Lipinski definition) is 1. The molecule has 0 radical (unpaired) electrons. The zero-order valence-electron chi connectivity index (χ0n) is 19.4. The van der Waals surface area contributed by atoms with Crippen LogP contribution in [0, 0.1) is 5.92 Å². The zero-order chi connectivity index (χ0) is 21.7. The van der Waals surface area contributed by atoms with Crippen LogP contribution in [0.1, 0.15) is 51.5 Å². The maximum absolute atomic E-state index is 6.16. The van der Waals surface area contributed by atoms with Gasteiger partial charge in [-0.05, 0) is 50.5 Å². The van der Waals surface area contributed by atoms with E-state index in [0.29, 0.717) is 24.7 Å². The summed E-state index contributed by atoms with van der Waals surface area (Å²) in [6.45, 7) is 11.0. The molecule has 6 heteroatoms. The summed E-state index contributed by atoms with van der Waals surface area (Å²) in [5.41, 5.74) is 1.21. The molecule has 0 bridgehead atoms.